The number of aromatic nitrogens is 1. The van der Waals surface area contributed by atoms with Gasteiger partial charge in [0.05, 0.1) is 15.4 Å². The zero-order chi connectivity index (χ0) is 22.5. The first-order chi connectivity index (χ1) is 13.9. The molecule has 1 unspecified atom stereocenters. The fourth-order valence-corrected chi connectivity index (χ4v) is 3.61. The molecule has 30 heavy (non-hydrogen) atoms. The van der Waals surface area contributed by atoms with Gasteiger partial charge in [-0.1, -0.05) is 0 Å². The Labute approximate surface area is 169 Å². The number of carbonyl (C=O) groups excluding carboxylic acids is 1. The highest BCUT2D eigenvalue weighted by Crippen LogP contribution is 2.29. The molecule has 162 valence electrons. The minimum absolute atomic E-state index is 0.0430. The van der Waals surface area contributed by atoms with E-state index in [2.05, 4.69) is 15.0 Å². The Balaban J connectivity index is 1.88. The fraction of sp³-hybridized carbons (Fsp3) is 0.294. The van der Waals surface area contributed by atoms with E-state index in [4.69, 9.17) is 0 Å². The van der Waals surface area contributed by atoms with Crippen LogP contribution in [0.5, 0.6) is 0 Å². The first-order valence-corrected chi connectivity index (χ1v) is 9.96. The summed E-state index contributed by atoms with van der Waals surface area (Å²) in [6, 6.07) is 4.75. The van der Waals surface area contributed by atoms with Crippen LogP contribution in [0.15, 0.2) is 47.5 Å². The molecule has 0 aliphatic rings. The quantitative estimate of drug-likeness (QED) is 0.473. The normalized spacial score (nSPS) is 12.9. The molecule has 0 radical (unpaired) electrons. The summed E-state index contributed by atoms with van der Waals surface area (Å²) in [5, 5.41) is 13.1. The van der Waals surface area contributed by atoms with Crippen molar-refractivity contribution in [3.8, 4) is 0 Å². The lowest BCUT2D eigenvalue weighted by molar-refractivity contribution is -0.385. The summed E-state index contributed by atoms with van der Waals surface area (Å²) in [4.78, 5) is 25.2. The van der Waals surface area contributed by atoms with Crippen LogP contribution >= 0.6 is 0 Å². The molecular formula is C17H17F3N4O5S. The number of amides is 1. The summed E-state index contributed by atoms with van der Waals surface area (Å²) in [6.45, 7) is 1.59. The zero-order valence-electron chi connectivity index (χ0n) is 15.5. The van der Waals surface area contributed by atoms with Gasteiger partial charge in [-0.2, -0.15) is 13.2 Å². The molecule has 9 nitrogen and oxygen atoms in total. The first-order valence-electron chi connectivity index (χ1n) is 8.48. The van der Waals surface area contributed by atoms with Gasteiger partial charge in [-0.05, 0) is 43.7 Å². The van der Waals surface area contributed by atoms with Crippen molar-refractivity contribution in [2.75, 3.05) is 6.54 Å². The minimum Gasteiger partial charge on any atom is -0.351 e. The van der Waals surface area contributed by atoms with Gasteiger partial charge in [-0.25, -0.2) is 18.1 Å². The maximum absolute atomic E-state index is 12.6. The molecule has 0 bridgehead atoms. The molecule has 1 amide bonds. The number of halogens is 3. The molecule has 0 fully saturated rings. The van der Waals surface area contributed by atoms with E-state index in [1.54, 1.807) is 0 Å². The average Bonchev–Trinajstić information content (AvgIpc) is 2.67. The van der Waals surface area contributed by atoms with E-state index in [1.165, 1.54) is 13.0 Å². The molecule has 0 aliphatic heterocycles. The van der Waals surface area contributed by atoms with Crippen LogP contribution in [-0.4, -0.2) is 36.8 Å². The maximum Gasteiger partial charge on any atom is 0.416 e. The maximum atomic E-state index is 12.6. The van der Waals surface area contributed by atoms with Gasteiger partial charge in [0.25, 0.3) is 11.6 Å². The monoisotopic (exact) mass is 446 g/mol. The molecule has 1 aromatic heterocycles. The molecule has 0 spiro atoms. The molecule has 1 heterocycles. The number of carbonyl (C=O) groups is 1. The van der Waals surface area contributed by atoms with E-state index < -0.39 is 38.6 Å². The van der Waals surface area contributed by atoms with Crippen LogP contribution in [0.2, 0.25) is 0 Å². The highest BCUT2D eigenvalue weighted by Gasteiger charge is 2.30. The van der Waals surface area contributed by atoms with Gasteiger partial charge in [0, 0.05) is 18.7 Å². The van der Waals surface area contributed by atoms with Crippen LogP contribution in [0.3, 0.4) is 0 Å². The summed E-state index contributed by atoms with van der Waals surface area (Å²) in [6.07, 6.45) is -3.45. The van der Waals surface area contributed by atoms with Crippen LogP contribution in [0.25, 0.3) is 0 Å². The standard InChI is InChI=1S/C17H17F3N4O5S/c1-11(8-9-21-16(25)15-7-4-13(10-22-15)24(26)27)23-30(28,29)14-5-2-12(3-6-14)17(18,19)20/h2-7,10-11,23H,8-9H2,1H3,(H,21,25). The summed E-state index contributed by atoms with van der Waals surface area (Å²) >= 11 is 0. The Morgan fingerprint density at radius 2 is 1.83 bits per heavy atom. The van der Waals surface area contributed by atoms with E-state index in [-0.39, 0.29) is 29.2 Å². The van der Waals surface area contributed by atoms with Gasteiger partial charge < -0.3 is 5.32 Å². The topological polar surface area (TPSA) is 131 Å². The Bertz CT molecular complexity index is 1010. The molecule has 2 N–H and O–H groups in total. The van der Waals surface area contributed by atoms with Crippen molar-refractivity contribution >= 4 is 21.6 Å². The largest absolute Gasteiger partial charge is 0.416 e. The molecule has 0 saturated carbocycles. The summed E-state index contributed by atoms with van der Waals surface area (Å²) in [5.74, 6) is -0.595. The molecule has 2 aromatic rings. The molecular weight excluding hydrogens is 429 g/mol. The fourth-order valence-electron chi connectivity index (χ4n) is 2.34. The number of hydrogen-bond acceptors (Lipinski definition) is 6. The minimum atomic E-state index is -4.57. The lowest BCUT2D eigenvalue weighted by atomic mass is 10.2. The molecule has 13 heteroatoms. The van der Waals surface area contributed by atoms with E-state index in [0.29, 0.717) is 12.1 Å². The van der Waals surface area contributed by atoms with Gasteiger partial charge >= 0.3 is 6.18 Å². The third-order valence-corrected chi connectivity index (χ3v) is 5.51. The van der Waals surface area contributed by atoms with Gasteiger partial charge in [0.2, 0.25) is 10.0 Å². The van der Waals surface area contributed by atoms with E-state index in [0.717, 1.165) is 24.4 Å². The molecule has 2 rings (SSSR count). The highest BCUT2D eigenvalue weighted by molar-refractivity contribution is 7.89. The lowest BCUT2D eigenvalue weighted by Gasteiger charge is -2.15. The average molecular weight is 446 g/mol. The third kappa shape index (κ3) is 6.22. The highest BCUT2D eigenvalue weighted by atomic mass is 32.2. The van der Waals surface area contributed by atoms with Crippen LogP contribution in [0.4, 0.5) is 18.9 Å². The number of nitrogens with one attached hydrogen (secondary N) is 2. The Kier molecular flexibility index (Phi) is 7.10. The van der Waals surface area contributed by atoms with Crippen molar-refractivity contribution < 1.29 is 31.3 Å². The lowest BCUT2D eigenvalue weighted by Crippen LogP contribution is -2.36. The SMILES string of the molecule is CC(CCNC(=O)c1ccc([N+](=O)[O-])cn1)NS(=O)(=O)c1ccc(C(F)(F)F)cc1. The predicted octanol–water partition coefficient (Wildman–Crippen LogP) is 2.50. The van der Waals surface area contributed by atoms with Gasteiger partial charge in [0.15, 0.2) is 0 Å². The summed E-state index contributed by atoms with van der Waals surface area (Å²) in [7, 11) is -4.04. The second-order valence-electron chi connectivity index (χ2n) is 6.25. The van der Waals surface area contributed by atoms with E-state index in [9.17, 15) is 36.5 Å². The molecule has 0 aliphatic carbocycles. The molecule has 1 atom stereocenters. The Morgan fingerprint density at radius 1 is 1.20 bits per heavy atom. The third-order valence-electron chi connectivity index (χ3n) is 3.90. The second kappa shape index (κ2) is 9.17. The van der Waals surface area contributed by atoms with Crippen LogP contribution < -0.4 is 10.0 Å². The van der Waals surface area contributed by atoms with Crippen molar-refractivity contribution in [3.63, 3.8) is 0 Å². The number of nitrogens with zero attached hydrogens (tertiary/aromatic N) is 2. The summed E-state index contributed by atoms with van der Waals surface area (Å²) in [5.41, 5.74) is -1.27. The van der Waals surface area contributed by atoms with E-state index >= 15 is 0 Å². The van der Waals surface area contributed by atoms with Gasteiger partial charge in [0.1, 0.15) is 11.9 Å². The molecule has 0 saturated heterocycles. The second-order valence-corrected chi connectivity index (χ2v) is 7.96. The smallest absolute Gasteiger partial charge is 0.351 e. The Morgan fingerprint density at radius 3 is 2.33 bits per heavy atom. The van der Waals surface area contributed by atoms with Gasteiger partial charge in [-0.15, -0.1) is 0 Å². The Hall–Kier alpha value is -3.06. The van der Waals surface area contributed by atoms with Crippen molar-refractivity contribution in [2.24, 2.45) is 0 Å². The number of rotatable bonds is 8. The number of benzene rings is 1. The van der Waals surface area contributed by atoms with E-state index in [1.807, 2.05) is 0 Å². The van der Waals surface area contributed by atoms with Crippen molar-refractivity contribution in [1.29, 1.82) is 0 Å². The van der Waals surface area contributed by atoms with Gasteiger partial charge in [-0.3, -0.25) is 14.9 Å². The van der Waals surface area contributed by atoms with Crippen LogP contribution in [0.1, 0.15) is 29.4 Å². The predicted molar refractivity (Wildman–Crippen MR) is 99.1 cm³/mol. The first kappa shape index (κ1) is 23.2. The van der Waals surface area contributed by atoms with Crippen molar-refractivity contribution in [2.45, 2.75) is 30.5 Å². The van der Waals surface area contributed by atoms with Crippen molar-refractivity contribution in [1.82, 2.24) is 15.0 Å². The van der Waals surface area contributed by atoms with Crippen LogP contribution in [0, 0.1) is 10.1 Å². The number of sulfonamides is 1. The van der Waals surface area contributed by atoms with Crippen LogP contribution in [-0.2, 0) is 16.2 Å². The van der Waals surface area contributed by atoms with Crippen molar-refractivity contribution in [3.05, 3.63) is 64.0 Å². The number of nitro groups is 1. The summed E-state index contributed by atoms with van der Waals surface area (Å²) < 4.78 is 64.6. The zero-order valence-corrected chi connectivity index (χ0v) is 16.3. The number of hydrogen-bond donors (Lipinski definition) is 2. The molecule has 1 aromatic carbocycles. The number of alkyl halides is 3. The number of pyridine rings is 1.